The van der Waals surface area contributed by atoms with Crippen molar-refractivity contribution in [1.82, 2.24) is 20.2 Å². The molecule has 1 N–H and O–H groups in total. The molecule has 3 aromatic heterocycles. The van der Waals surface area contributed by atoms with Gasteiger partial charge in [-0.1, -0.05) is 29.5 Å². The summed E-state index contributed by atoms with van der Waals surface area (Å²) in [4.78, 5) is 21.3. The molecule has 0 aliphatic carbocycles. The molecule has 0 saturated heterocycles. The van der Waals surface area contributed by atoms with Crippen LogP contribution in [0.15, 0.2) is 54.9 Å². The number of amides is 1. The molecule has 4 aromatic rings. The molecule has 1 aromatic carbocycles. The summed E-state index contributed by atoms with van der Waals surface area (Å²) in [6.07, 6.45) is -1.41. The number of carbonyl (C=O) groups is 1. The number of para-hydroxylation sites is 1. The van der Waals surface area contributed by atoms with E-state index in [1.807, 2.05) is 0 Å². The van der Waals surface area contributed by atoms with Crippen molar-refractivity contribution in [3.63, 3.8) is 0 Å². The summed E-state index contributed by atoms with van der Waals surface area (Å²) in [5, 5.41) is 8.07. The Bertz CT molecular complexity index is 1160. The summed E-state index contributed by atoms with van der Waals surface area (Å²) in [7, 11) is 0. The van der Waals surface area contributed by atoms with E-state index in [9.17, 15) is 18.0 Å². The van der Waals surface area contributed by atoms with E-state index in [1.54, 1.807) is 54.9 Å². The number of alkyl halides is 3. The van der Waals surface area contributed by atoms with Crippen LogP contribution in [-0.4, -0.2) is 26.1 Å². The van der Waals surface area contributed by atoms with Gasteiger partial charge in [-0.15, -0.1) is 10.2 Å². The van der Waals surface area contributed by atoms with Gasteiger partial charge in [0.15, 0.2) is 0 Å². The number of fused-ring (bicyclic) bond motifs is 1. The summed E-state index contributed by atoms with van der Waals surface area (Å²) in [6.45, 7) is 0. The van der Waals surface area contributed by atoms with Crippen molar-refractivity contribution >= 4 is 33.3 Å². The van der Waals surface area contributed by atoms with Crippen molar-refractivity contribution in [2.45, 2.75) is 6.18 Å². The molecule has 140 valence electrons. The molecule has 0 spiro atoms. The minimum absolute atomic E-state index is 0.233. The minimum Gasteiger partial charge on any atom is -0.296 e. The van der Waals surface area contributed by atoms with Gasteiger partial charge in [0.25, 0.3) is 5.91 Å². The molecular formula is C18H10F3N5OS. The molecule has 3 heterocycles. The predicted molar refractivity (Wildman–Crippen MR) is 97.8 cm³/mol. The number of hydrogen-bond acceptors (Lipinski definition) is 6. The van der Waals surface area contributed by atoms with Gasteiger partial charge in [0.1, 0.15) is 0 Å². The maximum absolute atomic E-state index is 12.8. The Morgan fingerprint density at radius 2 is 1.79 bits per heavy atom. The van der Waals surface area contributed by atoms with Crippen molar-refractivity contribution in [2.24, 2.45) is 0 Å². The van der Waals surface area contributed by atoms with E-state index in [0.717, 1.165) is 5.56 Å². The molecule has 1 amide bonds. The van der Waals surface area contributed by atoms with Crippen LogP contribution in [0, 0.1) is 0 Å². The Morgan fingerprint density at radius 3 is 2.50 bits per heavy atom. The first-order valence-corrected chi connectivity index (χ1v) is 8.76. The van der Waals surface area contributed by atoms with E-state index >= 15 is 0 Å². The fourth-order valence-electron chi connectivity index (χ4n) is 2.59. The van der Waals surface area contributed by atoms with Gasteiger partial charge in [0.05, 0.1) is 16.8 Å². The number of nitrogens with zero attached hydrogens (tertiary/aromatic N) is 4. The zero-order chi connectivity index (χ0) is 19.7. The average molecular weight is 401 g/mol. The summed E-state index contributed by atoms with van der Waals surface area (Å²) in [5.74, 6) is -0.598. The number of aromatic nitrogens is 4. The first-order chi connectivity index (χ1) is 13.4. The van der Waals surface area contributed by atoms with Gasteiger partial charge in [-0.2, -0.15) is 13.2 Å². The Labute approximate surface area is 160 Å². The summed E-state index contributed by atoms with van der Waals surface area (Å²) in [6, 6.07) is 12.1. The highest BCUT2D eigenvalue weighted by Gasteiger charge is 2.35. The molecule has 0 bridgehead atoms. The van der Waals surface area contributed by atoms with E-state index < -0.39 is 17.1 Å². The number of carbonyl (C=O) groups excluding carboxylic acids is 1. The number of pyridine rings is 2. The standard InChI is InChI=1S/C18H10F3N5OS/c19-18(20,21)16-25-26-17(28-16)24-15(27)12-9-14(10-5-7-22-8-6-10)23-13-4-2-1-3-11(12)13/h1-9H,(H,24,26,27). The molecule has 0 atom stereocenters. The molecule has 0 aliphatic heterocycles. The monoisotopic (exact) mass is 401 g/mol. The first-order valence-electron chi connectivity index (χ1n) is 7.94. The SMILES string of the molecule is O=C(Nc1nnc(C(F)(F)F)s1)c1cc(-c2ccncc2)nc2ccccc12. The number of halogens is 3. The smallest absolute Gasteiger partial charge is 0.296 e. The van der Waals surface area contributed by atoms with Crippen molar-refractivity contribution < 1.29 is 18.0 Å². The Kier molecular flexibility index (Phi) is 4.47. The van der Waals surface area contributed by atoms with Gasteiger partial charge in [-0.05, 0) is 24.3 Å². The van der Waals surface area contributed by atoms with Crippen LogP contribution in [0.2, 0.25) is 0 Å². The molecule has 6 nitrogen and oxygen atoms in total. The van der Waals surface area contributed by atoms with E-state index in [1.165, 1.54) is 0 Å². The lowest BCUT2D eigenvalue weighted by Gasteiger charge is -2.09. The number of nitrogens with one attached hydrogen (secondary N) is 1. The maximum Gasteiger partial charge on any atom is 0.445 e. The van der Waals surface area contributed by atoms with Crippen LogP contribution in [0.5, 0.6) is 0 Å². The molecule has 0 unspecified atom stereocenters. The number of rotatable bonds is 3. The lowest BCUT2D eigenvalue weighted by Crippen LogP contribution is -2.13. The average Bonchev–Trinajstić information content (AvgIpc) is 3.17. The van der Waals surface area contributed by atoms with Gasteiger partial charge < -0.3 is 0 Å². The summed E-state index contributed by atoms with van der Waals surface area (Å²) >= 11 is 0.266. The second-order valence-corrected chi connectivity index (χ2v) is 6.65. The van der Waals surface area contributed by atoms with Gasteiger partial charge >= 0.3 is 6.18 Å². The first kappa shape index (κ1) is 18.0. The molecule has 28 heavy (non-hydrogen) atoms. The molecule has 0 saturated carbocycles. The fourth-order valence-corrected chi connectivity index (χ4v) is 3.19. The van der Waals surface area contributed by atoms with Crippen LogP contribution < -0.4 is 5.32 Å². The molecule has 4 rings (SSSR count). The van der Waals surface area contributed by atoms with Crippen LogP contribution in [-0.2, 0) is 6.18 Å². The zero-order valence-corrected chi connectivity index (χ0v) is 14.8. The second-order valence-electron chi connectivity index (χ2n) is 5.67. The lowest BCUT2D eigenvalue weighted by atomic mass is 10.0. The fraction of sp³-hybridized carbons (Fsp3) is 0.0556. The molecule has 0 fully saturated rings. The van der Waals surface area contributed by atoms with E-state index in [4.69, 9.17) is 0 Å². The van der Waals surface area contributed by atoms with Crippen molar-refractivity contribution in [3.05, 3.63) is 65.4 Å². The van der Waals surface area contributed by atoms with Crippen LogP contribution >= 0.6 is 11.3 Å². The van der Waals surface area contributed by atoms with E-state index in [-0.39, 0.29) is 22.0 Å². The highest BCUT2D eigenvalue weighted by atomic mass is 32.1. The van der Waals surface area contributed by atoms with Crippen LogP contribution in [0.25, 0.3) is 22.2 Å². The van der Waals surface area contributed by atoms with Gasteiger partial charge in [-0.3, -0.25) is 15.1 Å². The van der Waals surface area contributed by atoms with Gasteiger partial charge in [0, 0.05) is 23.3 Å². The quantitative estimate of drug-likeness (QED) is 0.550. The highest BCUT2D eigenvalue weighted by Crippen LogP contribution is 2.33. The van der Waals surface area contributed by atoms with Gasteiger partial charge in [0.2, 0.25) is 10.1 Å². The third-order valence-electron chi connectivity index (χ3n) is 3.82. The van der Waals surface area contributed by atoms with Gasteiger partial charge in [-0.25, -0.2) is 4.98 Å². The zero-order valence-electron chi connectivity index (χ0n) is 13.9. The highest BCUT2D eigenvalue weighted by molar-refractivity contribution is 7.15. The van der Waals surface area contributed by atoms with Crippen molar-refractivity contribution in [2.75, 3.05) is 5.32 Å². The Hall–Kier alpha value is -3.40. The molecular weight excluding hydrogens is 391 g/mol. The predicted octanol–water partition coefficient (Wildman–Crippen LogP) is 4.42. The topological polar surface area (TPSA) is 80.7 Å². The van der Waals surface area contributed by atoms with Crippen LogP contribution in [0.3, 0.4) is 0 Å². The molecule has 10 heteroatoms. The third-order valence-corrected chi connectivity index (χ3v) is 4.71. The summed E-state index contributed by atoms with van der Waals surface area (Å²) < 4.78 is 38.1. The van der Waals surface area contributed by atoms with Crippen LogP contribution in [0.4, 0.5) is 18.3 Å². The van der Waals surface area contributed by atoms with E-state index in [0.29, 0.717) is 16.6 Å². The Balaban J connectivity index is 1.74. The maximum atomic E-state index is 12.8. The minimum atomic E-state index is -4.61. The third kappa shape index (κ3) is 3.54. The lowest BCUT2D eigenvalue weighted by molar-refractivity contribution is -0.138. The number of benzene rings is 1. The second kappa shape index (κ2) is 6.97. The Morgan fingerprint density at radius 1 is 1.04 bits per heavy atom. The largest absolute Gasteiger partial charge is 0.445 e. The van der Waals surface area contributed by atoms with Crippen molar-refractivity contribution in [3.8, 4) is 11.3 Å². The summed E-state index contributed by atoms with van der Waals surface area (Å²) in [5.41, 5.74) is 2.14. The number of hydrogen-bond donors (Lipinski definition) is 1. The normalized spacial score (nSPS) is 11.5. The molecule has 0 radical (unpaired) electrons. The van der Waals surface area contributed by atoms with Crippen LogP contribution in [0.1, 0.15) is 15.4 Å². The van der Waals surface area contributed by atoms with E-state index in [2.05, 4.69) is 25.5 Å². The number of anilines is 1. The van der Waals surface area contributed by atoms with Crippen molar-refractivity contribution in [1.29, 1.82) is 0 Å². The molecule has 0 aliphatic rings.